The maximum atomic E-state index is 12.9. The number of nitrogens with zero attached hydrogens (tertiary/aromatic N) is 4. The number of nitrogens with one attached hydrogen (secondary N) is 1. The first-order chi connectivity index (χ1) is 11.3. The highest BCUT2D eigenvalue weighted by molar-refractivity contribution is 5.95. The lowest BCUT2D eigenvalue weighted by Crippen LogP contribution is -2.40. The van der Waals surface area contributed by atoms with E-state index in [1.165, 1.54) is 6.33 Å². The van der Waals surface area contributed by atoms with Gasteiger partial charge in [0.05, 0.1) is 6.54 Å². The summed E-state index contributed by atoms with van der Waals surface area (Å²) in [6, 6.07) is 7.78. The van der Waals surface area contributed by atoms with Gasteiger partial charge >= 0.3 is 0 Å². The summed E-state index contributed by atoms with van der Waals surface area (Å²) >= 11 is 0. The maximum Gasteiger partial charge on any atom is 0.254 e. The molecule has 1 saturated heterocycles. The Morgan fingerprint density at radius 1 is 1.30 bits per heavy atom. The molecule has 0 atom stereocenters. The summed E-state index contributed by atoms with van der Waals surface area (Å²) < 4.78 is 1.74. The van der Waals surface area contributed by atoms with Crippen LogP contribution < -0.4 is 5.32 Å². The number of rotatable bonds is 5. The van der Waals surface area contributed by atoms with Crippen LogP contribution in [0.4, 0.5) is 0 Å². The Kier molecular flexibility index (Phi) is 5.02. The topological polar surface area (TPSA) is 63.1 Å². The molecular weight excluding hydrogens is 290 g/mol. The first-order valence-electron chi connectivity index (χ1n) is 8.12. The number of carbonyl (C=O) groups is 1. The van der Waals surface area contributed by atoms with Gasteiger partial charge in [0, 0.05) is 18.7 Å². The minimum absolute atomic E-state index is 0.128. The average Bonchev–Trinajstić information content (AvgIpc) is 3.09. The minimum Gasteiger partial charge on any atom is -0.339 e. The molecule has 1 aliphatic heterocycles. The first-order valence-corrected chi connectivity index (χ1v) is 8.12. The number of hydrogen-bond donors (Lipinski definition) is 1. The van der Waals surface area contributed by atoms with Crippen molar-refractivity contribution in [2.75, 3.05) is 26.7 Å². The van der Waals surface area contributed by atoms with Gasteiger partial charge in [-0.2, -0.15) is 5.10 Å². The Morgan fingerprint density at radius 3 is 2.78 bits per heavy atom. The standard InChI is InChI=1S/C17H23N5O/c1-18-10-14-6-8-21(9-7-14)17(23)16-5-3-2-4-15(16)11-22-13-19-12-20-22/h2-5,12-14,18H,6-11H2,1H3. The number of piperidine rings is 1. The van der Waals surface area contributed by atoms with Gasteiger partial charge in [-0.05, 0) is 44.0 Å². The molecule has 1 aromatic carbocycles. The second-order valence-corrected chi connectivity index (χ2v) is 6.04. The molecule has 1 amide bonds. The first kappa shape index (κ1) is 15.7. The average molecular weight is 313 g/mol. The van der Waals surface area contributed by atoms with Crippen molar-refractivity contribution in [2.45, 2.75) is 19.4 Å². The summed E-state index contributed by atoms with van der Waals surface area (Å²) in [5.74, 6) is 0.804. The van der Waals surface area contributed by atoms with Gasteiger partial charge in [-0.1, -0.05) is 18.2 Å². The van der Waals surface area contributed by atoms with Gasteiger partial charge in [0.15, 0.2) is 0 Å². The zero-order chi connectivity index (χ0) is 16.1. The maximum absolute atomic E-state index is 12.9. The fourth-order valence-electron chi connectivity index (χ4n) is 3.15. The molecule has 0 radical (unpaired) electrons. The number of benzene rings is 1. The molecule has 0 spiro atoms. The van der Waals surface area contributed by atoms with E-state index in [1.807, 2.05) is 36.2 Å². The molecule has 0 saturated carbocycles. The molecule has 0 aliphatic carbocycles. The lowest BCUT2D eigenvalue weighted by atomic mass is 9.96. The predicted octanol–water partition coefficient (Wildman–Crippen LogP) is 1.40. The highest BCUT2D eigenvalue weighted by Gasteiger charge is 2.24. The van der Waals surface area contributed by atoms with Crippen molar-refractivity contribution in [3.8, 4) is 0 Å². The van der Waals surface area contributed by atoms with Crippen LogP contribution in [0.1, 0.15) is 28.8 Å². The molecule has 23 heavy (non-hydrogen) atoms. The summed E-state index contributed by atoms with van der Waals surface area (Å²) in [4.78, 5) is 18.8. The van der Waals surface area contributed by atoms with Gasteiger partial charge in [-0.3, -0.25) is 4.79 Å². The monoisotopic (exact) mass is 313 g/mol. The molecule has 1 N–H and O–H groups in total. The molecule has 6 nitrogen and oxygen atoms in total. The van der Waals surface area contributed by atoms with Crippen LogP contribution >= 0.6 is 0 Å². The van der Waals surface area contributed by atoms with Crippen LogP contribution in [-0.2, 0) is 6.54 Å². The van der Waals surface area contributed by atoms with Gasteiger partial charge in [0.1, 0.15) is 12.7 Å². The van der Waals surface area contributed by atoms with E-state index in [0.29, 0.717) is 12.5 Å². The lowest BCUT2D eigenvalue weighted by molar-refractivity contribution is 0.0689. The summed E-state index contributed by atoms with van der Waals surface area (Å²) in [6.45, 7) is 3.27. The third-order valence-electron chi connectivity index (χ3n) is 4.44. The summed E-state index contributed by atoms with van der Waals surface area (Å²) in [6.07, 6.45) is 5.32. The Morgan fingerprint density at radius 2 is 2.09 bits per heavy atom. The molecule has 3 rings (SSSR count). The Balaban J connectivity index is 1.70. The van der Waals surface area contributed by atoms with Crippen LogP contribution in [0.15, 0.2) is 36.9 Å². The van der Waals surface area contributed by atoms with Crippen molar-refractivity contribution >= 4 is 5.91 Å². The number of carbonyl (C=O) groups excluding carboxylic acids is 1. The fourth-order valence-corrected chi connectivity index (χ4v) is 3.15. The van der Waals surface area contributed by atoms with Crippen LogP contribution in [0.3, 0.4) is 0 Å². The zero-order valence-electron chi connectivity index (χ0n) is 13.5. The molecule has 0 unspecified atom stereocenters. The smallest absolute Gasteiger partial charge is 0.254 e. The van der Waals surface area contributed by atoms with Crippen LogP contribution in [0.5, 0.6) is 0 Å². The van der Waals surface area contributed by atoms with E-state index in [1.54, 1.807) is 11.0 Å². The van der Waals surface area contributed by atoms with Crippen molar-refractivity contribution in [2.24, 2.45) is 5.92 Å². The van der Waals surface area contributed by atoms with Crippen LogP contribution in [-0.4, -0.2) is 52.3 Å². The molecule has 6 heteroatoms. The van der Waals surface area contributed by atoms with Gasteiger partial charge in [0.2, 0.25) is 0 Å². The third kappa shape index (κ3) is 3.76. The van der Waals surface area contributed by atoms with Crippen LogP contribution in [0.25, 0.3) is 0 Å². The van der Waals surface area contributed by atoms with Gasteiger partial charge in [-0.25, -0.2) is 9.67 Å². The van der Waals surface area contributed by atoms with Crippen molar-refractivity contribution in [1.29, 1.82) is 0 Å². The number of hydrogen-bond acceptors (Lipinski definition) is 4. The Hall–Kier alpha value is -2.21. The Labute approximate surface area is 136 Å². The van der Waals surface area contributed by atoms with E-state index in [4.69, 9.17) is 0 Å². The highest BCUT2D eigenvalue weighted by Crippen LogP contribution is 2.20. The van der Waals surface area contributed by atoms with Crippen molar-refractivity contribution in [3.05, 3.63) is 48.0 Å². The fraction of sp³-hybridized carbons (Fsp3) is 0.471. The van der Waals surface area contributed by atoms with Crippen molar-refractivity contribution in [1.82, 2.24) is 25.0 Å². The Bertz CT molecular complexity index is 632. The number of aromatic nitrogens is 3. The molecule has 1 aromatic heterocycles. The lowest BCUT2D eigenvalue weighted by Gasteiger charge is -2.32. The van der Waals surface area contributed by atoms with Crippen molar-refractivity contribution in [3.63, 3.8) is 0 Å². The molecule has 2 aromatic rings. The van der Waals surface area contributed by atoms with E-state index in [-0.39, 0.29) is 5.91 Å². The molecule has 0 bridgehead atoms. The number of amides is 1. The SMILES string of the molecule is CNCC1CCN(C(=O)c2ccccc2Cn2cncn2)CC1. The largest absolute Gasteiger partial charge is 0.339 e. The predicted molar refractivity (Wildman–Crippen MR) is 88.1 cm³/mol. The van der Waals surface area contributed by atoms with E-state index in [9.17, 15) is 4.79 Å². The second-order valence-electron chi connectivity index (χ2n) is 6.04. The highest BCUT2D eigenvalue weighted by atomic mass is 16.2. The third-order valence-corrected chi connectivity index (χ3v) is 4.44. The number of likely N-dealkylation sites (tertiary alicyclic amines) is 1. The summed E-state index contributed by atoms with van der Waals surface area (Å²) in [5.41, 5.74) is 1.76. The minimum atomic E-state index is 0.128. The summed E-state index contributed by atoms with van der Waals surface area (Å²) in [5, 5.41) is 7.36. The van der Waals surface area contributed by atoms with E-state index < -0.39 is 0 Å². The molecule has 1 aliphatic rings. The van der Waals surface area contributed by atoms with Crippen molar-refractivity contribution < 1.29 is 4.79 Å². The van der Waals surface area contributed by atoms with E-state index in [0.717, 1.165) is 43.6 Å². The summed E-state index contributed by atoms with van der Waals surface area (Å²) in [7, 11) is 1.98. The molecule has 1 fully saturated rings. The van der Waals surface area contributed by atoms with E-state index >= 15 is 0 Å². The zero-order valence-corrected chi connectivity index (χ0v) is 13.5. The van der Waals surface area contributed by atoms with Crippen LogP contribution in [0.2, 0.25) is 0 Å². The second kappa shape index (κ2) is 7.37. The quantitative estimate of drug-likeness (QED) is 0.906. The van der Waals surface area contributed by atoms with E-state index in [2.05, 4.69) is 15.4 Å². The normalized spacial score (nSPS) is 15.8. The molecular formula is C17H23N5O. The van der Waals surface area contributed by atoms with Crippen LogP contribution in [0, 0.1) is 5.92 Å². The van der Waals surface area contributed by atoms with Gasteiger partial charge in [-0.15, -0.1) is 0 Å². The molecule has 2 heterocycles. The molecule has 122 valence electrons. The van der Waals surface area contributed by atoms with Gasteiger partial charge in [0.25, 0.3) is 5.91 Å². The van der Waals surface area contributed by atoms with Gasteiger partial charge < -0.3 is 10.2 Å².